The molecule has 2 amide bonds. The second-order valence-corrected chi connectivity index (χ2v) is 6.25. The van der Waals surface area contributed by atoms with Gasteiger partial charge >= 0.3 is 0 Å². The zero-order chi connectivity index (χ0) is 12.3. The highest BCUT2D eigenvalue weighted by atomic mass is 32.2. The van der Waals surface area contributed by atoms with Crippen LogP contribution in [0.2, 0.25) is 0 Å². The minimum Gasteiger partial charge on any atom is -0.305 e. The Morgan fingerprint density at radius 1 is 1.44 bits per heavy atom. The SMILES string of the molecule is CN1C(=O)CC(NCCCS(C)(=O)=O)C1=O. The fourth-order valence-corrected chi connectivity index (χ4v) is 2.19. The quantitative estimate of drug-likeness (QED) is 0.486. The third-order valence-electron chi connectivity index (χ3n) is 2.46. The molecular weight excluding hydrogens is 232 g/mol. The molecule has 1 aliphatic rings. The molecule has 0 aromatic carbocycles. The van der Waals surface area contributed by atoms with Crippen molar-refractivity contribution in [2.75, 3.05) is 25.6 Å². The maximum atomic E-state index is 11.4. The Bertz CT molecular complexity index is 390. The molecule has 0 radical (unpaired) electrons. The molecule has 1 saturated heterocycles. The first-order chi connectivity index (χ1) is 7.31. The standard InChI is InChI=1S/C9H16N2O4S/c1-11-8(12)6-7(9(11)13)10-4-3-5-16(2,14)15/h7,10H,3-6H2,1-2H3. The number of imide groups is 1. The average molecular weight is 248 g/mol. The van der Waals surface area contributed by atoms with E-state index in [1.54, 1.807) is 0 Å². The Balaban J connectivity index is 2.30. The predicted octanol–water partition coefficient (Wildman–Crippen LogP) is -1.23. The van der Waals surface area contributed by atoms with Crippen LogP contribution in [0.5, 0.6) is 0 Å². The molecule has 1 unspecified atom stereocenters. The van der Waals surface area contributed by atoms with Crippen molar-refractivity contribution >= 4 is 21.7 Å². The number of carbonyl (C=O) groups excluding carboxylic acids is 2. The van der Waals surface area contributed by atoms with Gasteiger partial charge in [-0.15, -0.1) is 0 Å². The summed E-state index contributed by atoms with van der Waals surface area (Å²) in [5.74, 6) is -0.361. The smallest absolute Gasteiger partial charge is 0.246 e. The van der Waals surface area contributed by atoms with Crippen LogP contribution in [0.3, 0.4) is 0 Å². The molecule has 0 saturated carbocycles. The topological polar surface area (TPSA) is 83.6 Å². The van der Waals surface area contributed by atoms with Gasteiger partial charge in [-0.2, -0.15) is 0 Å². The van der Waals surface area contributed by atoms with E-state index in [9.17, 15) is 18.0 Å². The van der Waals surface area contributed by atoms with Crippen molar-refractivity contribution in [3.8, 4) is 0 Å². The molecule has 16 heavy (non-hydrogen) atoms. The van der Waals surface area contributed by atoms with Crippen LogP contribution >= 0.6 is 0 Å². The van der Waals surface area contributed by atoms with Crippen molar-refractivity contribution in [2.45, 2.75) is 18.9 Å². The molecular formula is C9H16N2O4S. The summed E-state index contributed by atoms with van der Waals surface area (Å²) in [5, 5.41) is 2.89. The monoisotopic (exact) mass is 248 g/mol. The number of likely N-dealkylation sites (N-methyl/N-ethyl adjacent to an activating group) is 1. The Labute approximate surface area is 94.9 Å². The van der Waals surface area contributed by atoms with Gasteiger partial charge in [0, 0.05) is 13.3 Å². The number of carbonyl (C=O) groups is 2. The van der Waals surface area contributed by atoms with Crippen molar-refractivity contribution in [1.29, 1.82) is 0 Å². The van der Waals surface area contributed by atoms with Crippen LogP contribution in [0, 0.1) is 0 Å². The molecule has 1 aliphatic heterocycles. The van der Waals surface area contributed by atoms with Crippen molar-refractivity contribution in [3.05, 3.63) is 0 Å². The first-order valence-electron chi connectivity index (χ1n) is 5.03. The van der Waals surface area contributed by atoms with Crippen molar-refractivity contribution in [1.82, 2.24) is 10.2 Å². The van der Waals surface area contributed by atoms with Gasteiger partial charge in [0.2, 0.25) is 11.8 Å². The molecule has 1 N–H and O–H groups in total. The van der Waals surface area contributed by atoms with E-state index in [2.05, 4.69) is 5.32 Å². The third kappa shape index (κ3) is 3.57. The van der Waals surface area contributed by atoms with E-state index in [0.29, 0.717) is 13.0 Å². The van der Waals surface area contributed by atoms with E-state index < -0.39 is 15.9 Å². The summed E-state index contributed by atoms with van der Waals surface area (Å²) in [4.78, 5) is 23.7. The number of nitrogens with one attached hydrogen (secondary N) is 1. The molecule has 0 aromatic heterocycles. The van der Waals surface area contributed by atoms with E-state index in [4.69, 9.17) is 0 Å². The molecule has 0 bridgehead atoms. The molecule has 0 spiro atoms. The number of hydrogen-bond donors (Lipinski definition) is 1. The highest BCUT2D eigenvalue weighted by Crippen LogP contribution is 2.10. The van der Waals surface area contributed by atoms with E-state index in [1.807, 2.05) is 0 Å². The molecule has 0 aliphatic carbocycles. The summed E-state index contributed by atoms with van der Waals surface area (Å²) in [6.45, 7) is 0.421. The van der Waals surface area contributed by atoms with Gasteiger partial charge in [-0.1, -0.05) is 0 Å². The lowest BCUT2D eigenvalue weighted by Gasteiger charge is -2.10. The van der Waals surface area contributed by atoms with Crippen molar-refractivity contribution in [2.24, 2.45) is 0 Å². The number of nitrogens with zero attached hydrogens (tertiary/aromatic N) is 1. The molecule has 1 heterocycles. The highest BCUT2D eigenvalue weighted by Gasteiger charge is 2.35. The zero-order valence-electron chi connectivity index (χ0n) is 9.39. The average Bonchev–Trinajstić information content (AvgIpc) is 2.40. The summed E-state index contributed by atoms with van der Waals surface area (Å²) in [7, 11) is -1.51. The van der Waals surface area contributed by atoms with Gasteiger partial charge in [-0.05, 0) is 13.0 Å². The normalized spacial score (nSPS) is 21.9. The summed E-state index contributed by atoms with van der Waals surface area (Å²) < 4.78 is 21.7. The lowest BCUT2D eigenvalue weighted by molar-refractivity contribution is -0.137. The van der Waals surface area contributed by atoms with Crippen LogP contribution < -0.4 is 5.32 Å². The Morgan fingerprint density at radius 3 is 2.50 bits per heavy atom. The Kier molecular flexibility index (Phi) is 4.03. The molecule has 7 heteroatoms. The number of likely N-dealkylation sites (tertiary alicyclic amines) is 1. The summed E-state index contributed by atoms with van der Waals surface area (Å²) in [5.41, 5.74) is 0. The van der Waals surface area contributed by atoms with Crippen LogP contribution in [-0.2, 0) is 19.4 Å². The fourth-order valence-electron chi connectivity index (χ4n) is 1.53. The van der Waals surface area contributed by atoms with E-state index in [0.717, 1.165) is 4.90 Å². The van der Waals surface area contributed by atoms with Crippen molar-refractivity contribution in [3.63, 3.8) is 0 Å². The van der Waals surface area contributed by atoms with Crippen LogP contribution in [0.1, 0.15) is 12.8 Å². The molecule has 1 fully saturated rings. The molecule has 6 nitrogen and oxygen atoms in total. The highest BCUT2D eigenvalue weighted by molar-refractivity contribution is 7.90. The number of hydrogen-bond acceptors (Lipinski definition) is 5. The maximum Gasteiger partial charge on any atom is 0.246 e. The van der Waals surface area contributed by atoms with Crippen LogP contribution in [0.4, 0.5) is 0 Å². The first-order valence-corrected chi connectivity index (χ1v) is 7.09. The van der Waals surface area contributed by atoms with Gasteiger partial charge in [0.25, 0.3) is 0 Å². The van der Waals surface area contributed by atoms with Crippen LogP contribution in [0.15, 0.2) is 0 Å². The van der Waals surface area contributed by atoms with E-state index in [-0.39, 0.29) is 24.0 Å². The van der Waals surface area contributed by atoms with Gasteiger partial charge in [-0.3, -0.25) is 14.5 Å². The molecule has 92 valence electrons. The minimum atomic E-state index is -2.96. The van der Waals surface area contributed by atoms with Gasteiger partial charge in [-0.25, -0.2) is 8.42 Å². The number of sulfone groups is 1. The molecule has 0 aromatic rings. The van der Waals surface area contributed by atoms with Crippen LogP contribution in [-0.4, -0.2) is 56.8 Å². The lowest BCUT2D eigenvalue weighted by Crippen LogP contribution is -2.37. The second-order valence-electron chi connectivity index (χ2n) is 3.99. The number of amides is 2. The zero-order valence-corrected chi connectivity index (χ0v) is 10.2. The fraction of sp³-hybridized carbons (Fsp3) is 0.778. The first kappa shape index (κ1) is 13.1. The third-order valence-corrected chi connectivity index (χ3v) is 3.49. The minimum absolute atomic E-state index is 0.0880. The number of rotatable bonds is 5. The van der Waals surface area contributed by atoms with Gasteiger partial charge < -0.3 is 5.32 Å². The maximum absolute atomic E-state index is 11.4. The van der Waals surface area contributed by atoms with Gasteiger partial charge in [0.05, 0.1) is 18.2 Å². The van der Waals surface area contributed by atoms with E-state index in [1.165, 1.54) is 13.3 Å². The predicted molar refractivity (Wildman–Crippen MR) is 58.5 cm³/mol. The Hall–Kier alpha value is -0.950. The molecule has 1 rings (SSSR count). The molecule has 1 atom stereocenters. The largest absolute Gasteiger partial charge is 0.305 e. The summed E-state index contributed by atoms with van der Waals surface area (Å²) in [6.07, 6.45) is 1.78. The summed E-state index contributed by atoms with van der Waals surface area (Å²) in [6, 6.07) is -0.489. The van der Waals surface area contributed by atoms with Crippen molar-refractivity contribution < 1.29 is 18.0 Å². The van der Waals surface area contributed by atoms with Crippen LogP contribution in [0.25, 0.3) is 0 Å². The summed E-state index contributed by atoms with van der Waals surface area (Å²) >= 11 is 0. The van der Waals surface area contributed by atoms with Gasteiger partial charge in [0.15, 0.2) is 0 Å². The van der Waals surface area contributed by atoms with E-state index >= 15 is 0 Å². The Morgan fingerprint density at radius 2 is 2.06 bits per heavy atom. The second kappa shape index (κ2) is 4.92. The lowest BCUT2D eigenvalue weighted by atomic mass is 10.2. The van der Waals surface area contributed by atoms with Gasteiger partial charge in [0.1, 0.15) is 9.84 Å².